The summed E-state index contributed by atoms with van der Waals surface area (Å²) in [5.74, 6) is -0.173. The average molecular weight is 270 g/mol. The Morgan fingerprint density at radius 2 is 1.78 bits per heavy atom. The second-order valence-corrected chi connectivity index (χ2v) is 5.46. The Hall–Kier alpha value is -1.40. The van der Waals surface area contributed by atoms with E-state index in [9.17, 15) is 13.2 Å². The molecule has 0 saturated carbocycles. The minimum absolute atomic E-state index is 0.173. The predicted octanol–water partition coefficient (Wildman–Crippen LogP) is 1.89. The number of rotatable bonds is 6. The van der Waals surface area contributed by atoms with Crippen LogP contribution in [-0.2, 0) is 10.2 Å². The molecule has 0 aliphatic rings. The lowest BCUT2D eigenvalue weighted by Gasteiger charge is -2.20. The van der Waals surface area contributed by atoms with E-state index in [1.165, 1.54) is 11.2 Å². The molecule has 0 unspecified atom stereocenters. The molecule has 0 aromatic heterocycles. The molecule has 0 bridgehead atoms. The van der Waals surface area contributed by atoms with Crippen molar-refractivity contribution in [2.45, 2.75) is 20.8 Å². The van der Waals surface area contributed by atoms with Gasteiger partial charge in [0.2, 0.25) is 0 Å². The molecule has 5 nitrogen and oxygen atoms in total. The van der Waals surface area contributed by atoms with E-state index in [0.717, 1.165) is 0 Å². The van der Waals surface area contributed by atoms with Crippen LogP contribution in [0.5, 0.6) is 0 Å². The first-order valence-corrected chi connectivity index (χ1v) is 7.24. The van der Waals surface area contributed by atoms with Gasteiger partial charge in [-0.1, -0.05) is 26.0 Å². The van der Waals surface area contributed by atoms with Crippen LogP contribution in [0.25, 0.3) is 0 Å². The molecular formula is C12H18N2O3S. The summed E-state index contributed by atoms with van der Waals surface area (Å²) < 4.78 is 27.8. The average Bonchev–Trinajstić information content (AvgIpc) is 2.29. The minimum Gasteiger partial charge on any atom is -0.294 e. The Morgan fingerprint density at radius 1 is 1.22 bits per heavy atom. The summed E-state index contributed by atoms with van der Waals surface area (Å²) in [4.78, 5) is 11.4. The number of hydrogen-bond acceptors (Lipinski definition) is 3. The second-order valence-electron chi connectivity index (χ2n) is 3.79. The van der Waals surface area contributed by atoms with E-state index >= 15 is 0 Å². The Balaban J connectivity index is 3.08. The monoisotopic (exact) mass is 270 g/mol. The van der Waals surface area contributed by atoms with Crippen LogP contribution < -0.4 is 4.72 Å². The van der Waals surface area contributed by atoms with Gasteiger partial charge in [-0.15, -0.1) is 0 Å². The molecule has 1 rings (SSSR count). The fraction of sp³-hybridized carbons (Fsp3) is 0.417. The Bertz CT molecular complexity index is 522. The molecule has 0 aliphatic heterocycles. The van der Waals surface area contributed by atoms with Gasteiger partial charge in [-0.2, -0.15) is 12.7 Å². The van der Waals surface area contributed by atoms with E-state index in [0.29, 0.717) is 24.3 Å². The van der Waals surface area contributed by atoms with Crippen molar-refractivity contribution >= 4 is 21.7 Å². The van der Waals surface area contributed by atoms with Crippen molar-refractivity contribution in [3.63, 3.8) is 0 Å². The number of benzene rings is 1. The zero-order valence-electron chi connectivity index (χ0n) is 10.8. The Morgan fingerprint density at radius 3 is 2.28 bits per heavy atom. The van der Waals surface area contributed by atoms with Gasteiger partial charge >= 0.3 is 10.2 Å². The molecule has 0 spiro atoms. The largest absolute Gasteiger partial charge is 0.301 e. The fourth-order valence-electron chi connectivity index (χ4n) is 1.65. The van der Waals surface area contributed by atoms with Gasteiger partial charge in [0.05, 0.1) is 5.69 Å². The maximum atomic E-state index is 12.0. The summed E-state index contributed by atoms with van der Waals surface area (Å²) in [5.41, 5.74) is 0.685. The zero-order valence-corrected chi connectivity index (χ0v) is 11.6. The number of para-hydroxylation sites is 1. The summed E-state index contributed by atoms with van der Waals surface area (Å²) in [6.45, 7) is 5.70. The van der Waals surface area contributed by atoms with Crippen LogP contribution in [0.3, 0.4) is 0 Å². The molecule has 1 aromatic rings. The van der Waals surface area contributed by atoms with Gasteiger partial charge in [0.15, 0.2) is 5.78 Å². The summed E-state index contributed by atoms with van der Waals surface area (Å²) in [5, 5.41) is 0. The van der Waals surface area contributed by atoms with Crippen LogP contribution in [0.15, 0.2) is 24.3 Å². The van der Waals surface area contributed by atoms with Gasteiger partial charge in [0, 0.05) is 18.7 Å². The highest BCUT2D eigenvalue weighted by molar-refractivity contribution is 7.90. The molecule has 0 saturated heterocycles. The maximum absolute atomic E-state index is 12.0. The molecule has 18 heavy (non-hydrogen) atoms. The van der Waals surface area contributed by atoms with Crippen molar-refractivity contribution in [1.82, 2.24) is 4.31 Å². The third-order valence-corrected chi connectivity index (χ3v) is 4.26. The maximum Gasteiger partial charge on any atom is 0.301 e. The van der Waals surface area contributed by atoms with Gasteiger partial charge in [0.1, 0.15) is 0 Å². The summed E-state index contributed by atoms with van der Waals surface area (Å²) in [7, 11) is -3.60. The van der Waals surface area contributed by atoms with Gasteiger partial charge in [0.25, 0.3) is 0 Å². The Labute approximate surface area is 108 Å². The molecule has 0 amide bonds. The Kier molecular flexibility index (Phi) is 4.86. The van der Waals surface area contributed by atoms with Crippen molar-refractivity contribution in [3.05, 3.63) is 29.8 Å². The molecule has 1 aromatic carbocycles. The van der Waals surface area contributed by atoms with E-state index < -0.39 is 10.2 Å². The van der Waals surface area contributed by atoms with Gasteiger partial charge in [-0.3, -0.25) is 9.52 Å². The van der Waals surface area contributed by atoms with Crippen molar-refractivity contribution in [3.8, 4) is 0 Å². The molecule has 0 fully saturated rings. The van der Waals surface area contributed by atoms with Gasteiger partial charge < -0.3 is 0 Å². The van der Waals surface area contributed by atoms with Crippen molar-refractivity contribution in [2.75, 3.05) is 17.8 Å². The molecule has 6 heteroatoms. The number of ketones is 1. The van der Waals surface area contributed by atoms with Crippen LogP contribution in [0, 0.1) is 0 Å². The SMILES string of the molecule is CCN(CC)S(=O)(=O)Nc1ccccc1C(C)=O. The van der Waals surface area contributed by atoms with Crippen LogP contribution in [-0.4, -0.2) is 31.6 Å². The number of anilines is 1. The first-order chi connectivity index (χ1) is 8.42. The summed E-state index contributed by atoms with van der Waals surface area (Å²) in [6.07, 6.45) is 0. The van der Waals surface area contributed by atoms with E-state index in [2.05, 4.69) is 4.72 Å². The normalized spacial score (nSPS) is 11.6. The molecule has 0 aliphatic carbocycles. The minimum atomic E-state index is -3.60. The topological polar surface area (TPSA) is 66.5 Å². The number of carbonyl (C=O) groups excluding carboxylic acids is 1. The standard InChI is InChI=1S/C12H18N2O3S/c1-4-14(5-2)18(16,17)13-12-9-7-6-8-11(12)10(3)15/h6-9,13H,4-5H2,1-3H3. The highest BCUT2D eigenvalue weighted by atomic mass is 32.2. The van der Waals surface area contributed by atoms with E-state index in [1.54, 1.807) is 38.1 Å². The number of nitrogens with zero attached hydrogens (tertiary/aromatic N) is 1. The predicted molar refractivity (Wildman–Crippen MR) is 71.9 cm³/mol. The molecule has 0 radical (unpaired) electrons. The van der Waals surface area contributed by atoms with Crippen molar-refractivity contribution in [1.29, 1.82) is 0 Å². The molecule has 0 heterocycles. The number of carbonyl (C=O) groups is 1. The summed E-state index contributed by atoms with van der Waals surface area (Å²) >= 11 is 0. The van der Waals surface area contributed by atoms with Gasteiger partial charge in [-0.25, -0.2) is 0 Å². The van der Waals surface area contributed by atoms with Crippen molar-refractivity contribution in [2.24, 2.45) is 0 Å². The fourth-order valence-corrected chi connectivity index (χ4v) is 2.91. The lowest BCUT2D eigenvalue weighted by molar-refractivity contribution is 0.101. The molecular weight excluding hydrogens is 252 g/mol. The highest BCUT2D eigenvalue weighted by Gasteiger charge is 2.20. The van der Waals surface area contributed by atoms with E-state index in [4.69, 9.17) is 0 Å². The van der Waals surface area contributed by atoms with Crippen LogP contribution >= 0.6 is 0 Å². The lowest BCUT2D eigenvalue weighted by Crippen LogP contribution is -2.35. The zero-order chi connectivity index (χ0) is 13.8. The lowest BCUT2D eigenvalue weighted by atomic mass is 10.1. The van der Waals surface area contributed by atoms with E-state index in [-0.39, 0.29) is 5.78 Å². The number of hydrogen-bond donors (Lipinski definition) is 1. The van der Waals surface area contributed by atoms with Crippen LogP contribution in [0.1, 0.15) is 31.1 Å². The first kappa shape index (κ1) is 14.7. The molecule has 1 N–H and O–H groups in total. The van der Waals surface area contributed by atoms with E-state index in [1.807, 2.05) is 0 Å². The van der Waals surface area contributed by atoms with Crippen LogP contribution in [0.4, 0.5) is 5.69 Å². The smallest absolute Gasteiger partial charge is 0.294 e. The number of nitrogens with one attached hydrogen (secondary N) is 1. The quantitative estimate of drug-likeness (QED) is 0.803. The molecule has 0 atom stereocenters. The van der Waals surface area contributed by atoms with Crippen molar-refractivity contribution < 1.29 is 13.2 Å². The second kappa shape index (κ2) is 5.97. The number of Topliss-reactive ketones (excluding diaryl/α,β-unsaturated/α-hetero) is 1. The summed E-state index contributed by atoms with van der Waals surface area (Å²) in [6, 6.07) is 6.57. The third-order valence-electron chi connectivity index (χ3n) is 2.59. The first-order valence-electron chi connectivity index (χ1n) is 5.80. The molecule has 100 valence electrons. The third kappa shape index (κ3) is 3.30. The highest BCUT2D eigenvalue weighted by Crippen LogP contribution is 2.18. The van der Waals surface area contributed by atoms with Crippen LogP contribution in [0.2, 0.25) is 0 Å². The van der Waals surface area contributed by atoms with Gasteiger partial charge in [-0.05, 0) is 19.1 Å².